The predicted octanol–water partition coefficient (Wildman–Crippen LogP) is 2.98. The molecule has 1 fully saturated rings. The molecule has 0 amide bonds. The number of ether oxygens (including phenoxy) is 1. The Bertz CT molecular complexity index is 529. The number of aromatic nitrogens is 1. The zero-order valence-corrected chi connectivity index (χ0v) is 11.8. The molecule has 102 valence electrons. The van der Waals surface area contributed by atoms with Crippen molar-refractivity contribution in [1.82, 2.24) is 10.3 Å². The van der Waals surface area contributed by atoms with Gasteiger partial charge in [0, 0.05) is 25.9 Å². The Kier molecular flexibility index (Phi) is 3.96. The number of hydrogen-bond donors (Lipinski definition) is 1. The van der Waals surface area contributed by atoms with Crippen LogP contribution in [0.4, 0.5) is 0 Å². The Hall–Kier alpha value is -1.17. The maximum atomic E-state index is 5.60. The first kappa shape index (κ1) is 12.8. The van der Waals surface area contributed by atoms with Crippen molar-refractivity contribution in [3.05, 3.63) is 29.1 Å². The minimum atomic E-state index is 0.382. The average Bonchev–Trinajstić information content (AvgIpc) is 3.09. The van der Waals surface area contributed by atoms with Crippen LogP contribution in [0.2, 0.25) is 0 Å². The van der Waals surface area contributed by atoms with Crippen molar-refractivity contribution in [3.63, 3.8) is 0 Å². The summed E-state index contributed by atoms with van der Waals surface area (Å²) in [4.78, 5) is 5.51. The lowest BCUT2D eigenvalue weighted by molar-refractivity contribution is 0.110. The number of nitrogens with one attached hydrogen (secondary N) is 1. The standard InChI is InChI=1S/C14H18N2O2S/c1-10-4-5-12(18-10)13-8-16-14(19-13)9-15-7-11-3-2-6-17-11/h4-5,8,11,15H,2-3,6-7,9H2,1H3. The van der Waals surface area contributed by atoms with Crippen LogP contribution in [0.5, 0.6) is 0 Å². The largest absolute Gasteiger partial charge is 0.460 e. The van der Waals surface area contributed by atoms with E-state index in [0.29, 0.717) is 6.10 Å². The van der Waals surface area contributed by atoms with E-state index in [1.807, 2.05) is 25.3 Å². The maximum absolute atomic E-state index is 5.60. The molecular formula is C14H18N2O2S. The van der Waals surface area contributed by atoms with E-state index in [1.165, 1.54) is 12.8 Å². The van der Waals surface area contributed by atoms with Gasteiger partial charge in [0.05, 0.1) is 11.0 Å². The van der Waals surface area contributed by atoms with Crippen LogP contribution in [0.25, 0.3) is 10.6 Å². The summed E-state index contributed by atoms with van der Waals surface area (Å²) in [6.45, 7) is 4.57. The third kappa shape index (κ3) is 3.23. The van der Waals surface area contributed by atoms with Crippen LogP contribution >= 0.6 is 11.3 Å². The Morgan fingerprint density at radius 2 is 2.42 bits per heavy atom. The second-order valence-corrected chi connectivity index (χ2v) is 5.91. The molecule has 2 aromatic rings. The lowest BCUT2D eigenvalue weighted by Crippen LogP contribution is -2.25. The predicted molar refractivity (Wildman–Crippen MR) is 75.2 cm³/mol. The molecule has 0 bridgehead atoms. The molecule has 1 N–H and O–H groups in total. The lowest BCUT2D eigenvalue weighted by atomic mass is 10.2. The number of furan rings is 1. The molecule has 0 aliphatic carbocycles. The van der Waals surface area contributed by atoms with Gasteiger partial charge in [-0.15, -0.1) is 11.3 Å². The Balaban J connectivity index is 1.53. The zero-order chi connectivity index (χ0) is 13.1. The van der Waals surface area contributed by atoms with Gasteiger partial charge in [0.2, 0.25) is 0 Å². The molecule has 1 unspecified atom stereocenters. The number of nitrogens with zero attached hydrogens (tertiary/aromatic N) is 1. The van der Waals surface area contributed by atoms with Crippen molar-refractivity contribution in [2.24, 2.45) is 0 Å². The van der Waals surface area contributed by atoms with E-state index in [4.69, 9.17) is 9.15 Å². The Labute approximate surface area is 116 Å². The minimum absolute atomic E-state index is 0.382. The second kappa shape index (κ2) is 5.86. The van der Waals surface area contributed by atoms with Gasteiger partial charge >= 0.3 is 0 Å². The van der Waals surface area contributed by atoms with Gasteiger partial charge in [-0.3, -0.25) is 0 Å². The van der Waals surface area contributed by atoms with Crippen LogP contribution in [0, 0.1) is 6.92 Å². The summed E-state index contributed by atoms with van der Waals surface area (Å²) >= 11 is 1.67. The topological polar surface area (TPSA) is 47.3 Å². The fraction of sp³-hybridized carbons (Fsp3) is 0.500. The molecule has 1 aliphatic heterocycles. The summed E-state index contributed by atoms with van der Waals surface area (Å²) in [6.07, 6.45) is 4.62. The van der Waals surface area contributed by atoms with Crippen LogP contribution in [-0.2, 0) is 11.3 Å². The summed E-state index contributed by atoms with van der Waals surface area (Å²) in [6, 6.07) is 3.97. The van der Waals surface area contributed by atoms with Crippen molar-refractivity contribution in [2.75, 3.05) is 13.2 Å². The molecular weight excluding hydrogens is 260 g/mol. The van der Waals surface area contributed by atoms with E-state index < -0.39 is 0 Å². The third-order valence-corrected chi connectivity index (χ3v) is 4.22. The first-order valence-corrected chi connectivity index (χ1v) is 7.47. The SMILES string of the molecule is Cc1ccc(-c2cnc(CNCC3CCCO3)s2)o1. The molecule has 0 radical (unpaired) electrons. The summed E-state index contributed by atoms with van der Waals surface area (Å²) in [7, 11) is 0. The van der Waals surface area contributed by atoms with Crippen molar-refractivity contribution in [2.45, 2.75) is 32.4 Å². The van der Waals surface area contributed by atoms with Gasteiger partial charge in [-0.05, 0) is 31.9 Å². The lowest BCUT2D eigenvalue weighted by Gasteiger charge is -2.09. The third-order valence-electron chi connectivity index (χ3n) is 3.21. The van der Waals surface area contributed by atoms with Crippen molar-refractivity contribution in [3.8, 4) is 10.6 Å². The molecule has 2 aromatic heterocycles. The molecule has 1 atom stereocenters. The highest BCUT2D eigenvalue weighted by Crippen LogP contribution is 2.27. The van der Waals surface area contributed by atoms with Gasteiger partial charge in [-0.2, -0.15) is 0 Å². The van der Waals surface area contributed by atoms with E-state index in [1.54, 1.807) is 11.3 Å². The second-order valence-electron chi connectivity index (χ2n) is 4.79. The van der Waals surface area contributed by atoms with Gasteiger partial charge in [-0.1, -0.05) is 0 Å². The van der Waals surface area contributed by atoms with Crippen molar-refractivity contribution in [1.29, 1.82) is 0 Å². The maximum Gasteiger partial charge on any atom is 0.145 e. The smallest absolute Gasteiger partial charge is 0.145 e. The summed E-state index contributed by atoms with van der Waals surface area (Å²) in [5, 5.41) is 4.49. The van der Waals surface area contributed by atoms with Crippen LogP contribution in [0.3, 0.4) is 0 Å². The zero-order valence-electron chi connectivity index (χ0n) is 11.0. The molecule has 3 rings (SSSR count). The summed E-state index contributed by atoms with van der Waals surface area (Å²) < 4.78 is 11.2. The van der Waals surface area contributed by atoms with Gasteiger partial charge < -0.3 is 14.5 Å². The number of hydrogen-bond acceptors (Lipinski definition) is 5. The van der Waals surface area contributed by atoms with E-state index in [-0.39, 0.29) is 0 Å². The highest BCUT2D eigenvalue weighted by atomic mass is 32.1. The highest BCUT2D eigenvalue weighted by molar-refractivity contribution is 7.15. The van der Waals surface area contributed by atoms with E-state index in [9.17, 15) is 0 Å². The monoisotopic (exact) mass is 278 g/mol. The fourth-order valence-corrected chi connectivity index (χ4v) is 3.07. The first-order valence-electron chi connectivity index (χ1n) is 6.65. The Morgan fingerprint density at radius 1 is 1.47 bits per heavy atom. The molecule has 1 aliphatic rings. The molecule has 0 aromatic carbocycles. The quantitative estimate of drug-likeness (QED) is 0.913. The van der Waals surface area contributed by atoms with Crippen LogP contribution < -0.4 is 5.32 Å². The van der Waals surface area contributed by atoms with E-state index in [2.05, 4.69) is 10.3 Å². The van der Waals surface area contributed by atoms with Gasteiger partial charge in [0.15, 0.2) is 0 Å². The van der Waals surface area contributed by atoms with Crippen molar-refractivity contribution < 1.29 is 9.15 Å². The molecule has 1 saturated heterocycles. The first-order chi connectivity index (χ1) is 9.31. The number of rotatable bonds is 5. The molecule has 3 heterocycles. The molecule has 19 heavy (non-hydrogen) atoms. The summed E-state index contributed by atoms with van der Waals surface area (Å²) in [5.41, 5.74) is 0. The molecule has 0 spiro atoms. The Morgan fingerprint density at radius 3 is 3.16 bits per heavy atom. The summed E-state index contributed by atoms with van der Waals surface area (Å²) in [5.74, 6) is 1.84. The van der Waals surface area contributed by atoms with Crippen LogP contribution in [-0.4, -0.2) is 24.2 Å². The fourth-order valence-electron chi connectivity index (χ4n) is 2.22. The van der Waals surface area contributed by atoms with E-state index >= 15 is 0 Å². The highest BCUT2D eigenvalue weighted by Gasteiger charge is 2.15. The van der Waals surface area contributed by atoms with E-state index in [0.717, 1.165) is 41.1 Å². The molecule has 5 heteroatoms. The molecule has 4 nitrogen and oxygen atoms in total. The minimum Gasteiger partial charge on any atom is -0.460 e. The van der Waals surface area contributed by atoms with Crippen LogP contribution in [0.15, 0.2) is 22.7 Å². The number of thiazole rings is 1. The average molecular weight is 278 g/mol. The van der Waals surface area contributed by atoms with Gasteiger partial charge in [0.25, 0.3) is 0 Å². The van der Waals surface area contributed by atoms with Gasteiger partial charge in [0.1, 0.15) is 16.5 Å². The normalized spacial score (nSPS) is 19.1. The van der Waals surface area contributed by atoms with Crippen LogP contribution in [0.1, 0.15) is 23.6 Å². The van der Waals surface area contributed by atoms with Crippen molar-refractivity contribution >= 4 is 11.3 Å². The van der Waals surface area contributed by atoms with Gasteiger partial charge in [-0.25, -0.2) is 4.98 Å². The number of aryl methyl sites for hydroxylation is 1. The molecule has 0 saturated carbocycles.